The van der Waals surface area contributed by atoms with Gasteiger partial charge >= 0.3 is 6.55 Å². The molecule has 31 heavy (non-hydrogen) atoms. The second-order valence-electron chi connectivity index (χ2n) is 8.13. The first kappa shape index (κ1) is 20.3. The Labute approximate surface area is 182 Å². The molecule has 11 heteroatoms. The first-order valence-corrected chi connectivity index (χ1v) is 10.4. The molecule has 2 aliphatic heterocycles. The summed E-state index contributed by atoms with van der Waals surface area (Å²) in [4.78, 5) is 13.5. The lowest BCUT2D eigenvalue weighted by Crippen LogP contribution is -2.64. The van der Waals surface area contributed by atoms with Gasteiger partial charge in [-0.25, -0.2) is 14.6 Å². The van der Waals surface area contributed by atoms with E-state index in [1.165, 1.54) is 12.4 Å². The number of aromatic nitrogens is 4. The van der Waals surface area contributed by atoms with Crippen LogP contribution >= 0.6 is 11.6 Å². The summed E-state index contributed by atoms with van der Waals surface area (Å²) in [5.41, 5.74) is 2.18. The van der Waals surface area contributed by atoms with Gasteiger partial charge in [0.15, 0.2) is 0 Å². The molecule has 1 N–H and O–H groups in total. The summed E-state index contributed by atoms with van der Waals surface area (Å²) >= 11 is 6.57. The summed E-state index contributed by atoms with van der Waals surface area (Å²) < 4.78 is 31.4. The van der Waals surface area contributed by atoms with Gasteiger partial charge in [0, 0.05) is 37.8 Å². The van der Waals surface area contributed by atoms with Gasteiger partial charge in [-0.15, -0.1) is 0 Å². The van der Waals surface area contributed by atoms with Gasteiger partial charge in [-0.1, -0.05) is 11.6 Å². The van der Waals surface area contributed by atoms with Gasteiger partial charge in [0.1, 0.15) is 0 Å². The van der Waals surface area contributed by atoms with Gasteiger partial charge in [0.25, 0.3) is 0 Å². The predicted molar refractivity (Wildman–Crippen MR) is 114 cm³/mol. The summed E-state index contributed by atoms with van der Waals surface area (Å²) in [5, 5.41) is 7.98. The third-order valence-electron chi connectivity index (χ3n) is 5.92. The van der Waals surface area contributed by atoms with E-state index < -0.39 is 6.55 Å². The van der Waals surface area contributed by atoms with E-state index in [1.807, 2.05) is 12.1 Å². The molecule has 0 saturated carbocycles. The van der Waals surface area contributed by atoms with Crippen molar-refractivity contribution in [1.82, 2.24) is 24.6 Å². The van der Waals surface area contributed by atoms with Crippen LogP contribution in [0.2, 0.25) is 5.02 Å². The smallest absolute Gasteiger partial charge is 0.333 e. The predicted octanol–water partition coefficient (Wildman–Crippen LogP) is 3.53. The molecule has 2 aliphatic rings. The zero-order chi connectivity index (χ0) is 21.6. The Bertz CT molecular complexity index is 1100. The Morgan fingerprint density at radius 1 is 1.16 bits per heavy atom. The fourth-order valence-electron chi connectivity index (χ4n) is 4.05. The van der Waals surface area contributed by atoms with Crippen LogP contribution in [0.25, 0.3) is 10.9 Å². The topological polar surface area (TPSA) is 71.3 Å². The maximum Gasteiger partial charge on any atom is 0.333 e. The zero-order valence-electron chi connectivity index (χ0n) is 16.9. The standard InChI is InChI=1S/C20H22ClF2N7O/c1-20(11-31-12-20)29-4-2-28(3-5-29)17-7-16-13(6-15(17)21)8-24-19(27-16)26-14-9-25-30(10-14)18(22)23/h6-10,18H,2-5,11-12H2,1H3,(H,24,26,27). The lowest BCUT2D eigenvalue weighted by atomic mass is 9.97. The molecule has 0 atom stereocenters. The van der Waals surface area contributed by atoms with Crippen LogP contribution in [0.4, 0.5) is 26.1 Å². The number of ether oxygens (including phenoxy) is 1. The molecular formula is C20H22ClF2N7O. The van der Waals surface area contributed by atoms with Crippen LogP contribution in [0.15, 0.2) is 30.7 Å². The number of halogens is 3. The van der Waals surface area contributed by atoms with Crippen molar-refractivity contribution in [3.05, 3.63) is 35.7 Å². The highest BCUT2D eigenvalue weighted by molar-refractivity contribution is 6.34. The Morgan fingerprint density at radius 2 is 1.94 bits per heavy atom. The number of nitrogens with zero attached hydrogens (tertiary/aromatic N) is 6. The van der Waals surface area contributed by atoms with Gasteiger partial charge in [0.2, 0.25) is 5.95 Å². The van der Waals surface area contributed by atoms with Crippen molar-refractivity contribution in [2.75, 3.05) is 49.6 Å². The van der Waals surface area contributed by atoms with E-state index in [2.05, 4.69) is 37.1 Å². The quantitative estimate of drug-likeness (QED) is 0.638. The summed E-state index contributed by atoms with van der Waals surface area (Å²) in [6.45, 7) is 4.73. The molecule has 0 bridgehead atoms. The van der Waals surface area contributed by atoms with Crippen LogP contribution in [-0.2, 0) is 4.74 Å². The SMILES string of the molecule is CC1(N2CCN(c3cc4nc(Nc5cnn(C(F)F)c5)ncc4cc3Cl)CC2)COC1. The molecule has 2 fully saturated rings. The first-order valence-electron chi connectivity index (χ1n) is 10.0. The second-order valence-corrected chi connectivity index (χ2v) is 8.54. The minimum absolute atomic E-state index is 0.144. The van der Waals surface area contributed by atoms with Crippen LogP contribution < -0.4 is 10.2 Å². The number of piperazine rings is 1. The average Bonchev–Trinajstić information content (AvgIpc) is 3.21. The van der Waals surface area contributed by atoms with Crippen molar-refractivity contribution in [3.63, 3.8) is 0 Å². The average molecular weight is 450 g/mol. The molecular weight excluding hydrogens is 428 g/mol. The number of fused-ring (bicyclic) bond motifs is 1. The molecule has 3 aromatic rings. The molecule has 0 radical (unpaired) electrons. The van der Waals surface area contributed by atoms with Crippen molar-refractivity contribution in [2.24, 2.45) is 0 Å². The van der Waals surface area contributed by atoms with E-state index >= 15 is 0 Å². The lowest BCUT2D eigenvalue weighted by Gasteiger charge is -2.50. The van der Waals surface area contributed by atoms with Crippen LogP contribution in [0.1, 0.15) is 13.5 Å². The maximum atomic E-state index is 12.7. The van der Waals surface area contributed by atoms with Crippen molar-refractivity contribution in [2.45, 2.75) is 19.0 Å². The largest absolute Gasteiger partial charge is 0.377 e. The van der Waals surface area contributed by atoms with Crippen molar-refractivity contribution >= 4 is 39.8 Å². The molecule has 8 nitrogen and oxygen atoms in total. The normalized spacial score (nSPS) is 19.1. The van der Waals surface area contributed by atoms with Crippen molar-refractivity contribution < 1.29 is 13.5 Å². The number of alkyl halides is 2. The zero-order valence-corrected chi connectivity index (χ0v) is 17.7. The molecule has 164 valence electrons. The number of anilines is 3. The van der Waals surface area contributed by atoms with E-state index in [9.17, 15) is 8.78 Å². The molecule has 4 heterocycles. The maximum absolute atomic E-state index is 12.7. The van der Waals surface area contributed by atoms with E-state index in [0.717, 1.165) is 56.0 Å². The molecule has 1 aromatic carbocycles. The molecule has 0 aliphatic carbocycles. The molecule has 2 saturated heterocycles. The van der Waals surface area contributed by atoms with Crippen molar-refractivity contribution in [1.29, 1.82) is 0 Å². The number of hydrogen-bond donors (Lipinski definition) is 1. The molecule has 2 aromatic heterocycles. The summed E-state index contributed by atoms with van der Waals surface area (Å²) in [5.74, 6) is 0.303. The third kappa shape index (κ3) is 3.90. The number of nitrogens with one attached hydrogen (secondary N) is 1. The van der Waals surface area contributed by atoms with E-state index in [-0.39, 0.29) is 5.54 Å². The minimum Gasteiger partial charge on any atom is -0.377 e. The van der Waals surface area contributed by atoms with Gasteiger partial charge in [-0.05, 0) is 19.1 Å². The van der Waals surface area contributed by atoms with Gasteiger partial charge < -0.3 is 15.0 Å². The van der Waals surface area contributed by atoms with E-state index in [4.69, 9.17) is 16.3 Å². The third-order valence-corrected chi connectivity index (χ3v) is 6.22. The monoisotopic (exact) mass is 449 g/mol. The number of benzene rings is 1. The van der Waals surface area contributed by atoms with Gasteiger partial charge in [0.05, 0.1) is 53.1 Å². The lowest BCUT2D eigenvalue weighted by molar-refractivity contribution is -0.131. The van der Waals surface area contributed by atoms with Crippen LogP contribution in [-0.4, -0.2) is 69.6 Å². The summed E-state index contributed by atoms with van der Waals surface area (Å²) in [6, 6.07) is 3.81. The van der Waals surface area contributed by atoms with Crippen molar-refractivity contribution in [3.8, 4) is 0 Å². The Morgan fingerprint density at radius 3 is 2.58 bits per heavy atom. The van der Waals surface area contributed by atoms with Crippen LogP contribution in [0.5, 0.6) is 0 Å². The first-order chi connectivity index (χ1) is 14.9. The number of hydrogen-bond acceptors (Lipinski definition) is 7. The van der Waals surface area contributed by atoms with Gasteiger partial charge in [-0.3, -0.25) is 4.90 Å². The number of rotatable bonds is 5. The fraction of sp³-hybridized carbons (Fsp3) is 0.450. The molecule has 5 rings (SSSR count). The van der Waals surface area contributed by atoms with E-state index in [1.54, 1.807) is 6.20 Å². The highest BCUT2D eigenvalue weighted by Gasteiger charge is 2.40. The molecule has 0 spiro atoms. The molecule has 0 amide bonds. The summed E-state index contributed by atoms with van der Waals surface area (Å²) in [7, 11) is 0. The highest BCUT2D eigenvalue weighted by atomic mass is 35.5. The van der Waals surface area contributed by atoms with E-state index in [0.29, 0.717) is 21.3 Å². The molecule has 0 unspecified atom stereocenters. The second kappa shape index (κ2) is 7.85. The Balaban J connectivity index is 1.35. The fourth-order valence-corrected chi connectivity index (χ4v) is 4.34. The summed E-state index contributed by atoms with van der Waals surface area (Å²) in [6.07, 6.45) is 4.17. The highest BCUT2D eigenvalue weighted by Crippen LogP contribution is 2.33. The van der Waals surface area contributed by atoms with Gasteiger partial charge in [-0.2, -0.15) is 13.9 Å². The Kier molecular flexibility index (Phi) is 5.15. The van der Waals surface area contributed by atoms with Crippen LogP contribution in [0, 0.1) is 0 Å². The minimum atomic E-state index is -2.70. The van der Waals surface area contributed by atoms with Crippen LogP contribution in [0.3, 0.4) is 0 Å². The Hall–Kier alpha value is -2.56.